The lowest BCUT2D eigenvalue weighted by Crippen LogP contribution is -2.38. The molecule has 0 amide bonds. The highest BCUT2D eigenvalue weighted by molar-refractivity contribution is 5.27. The fraction of sp³-hybridized carbons (Fsp3) is 0.579. The first kappa shape index (κ1) is 17.0. The van der Waals surface area contributed by atoms with E-state index < -0.39 is 0 Å². The molecule has 0 aliphatic carbocycles. The van der Waals surface area contributed by atoms with Crippen LogP contribution in [0.4, 0.5) is 0 Å². The van der Waals surface area contributed by atoms with Crippen LogP contribution >= 0.6 is 0 Å². The third-order valence-corrected chi connectivity index (χ3v) is 4.87. The van der Waals surface area contributed by atoms with Gasteiger partial charge >= 0.3 is 0 Å². The number of nitrogens with zero attached hydrogens (tertiary/aromatic N) is 4. The van der Waals surface area contributed by atoms with Crippen LogP contribution in [0.5, 0.6) is 5.75 Å². The molecule has 0 bridgehead atoms. The van der Waals surface area contributed by atoms with Crippen LogP contribution in [0.2, 0.25) is 0 Å². The highest BCUT2D eigenvalue weighted by atomic mass is 16.5. The van der Waals surface area contributed by atoms with Gasteiger partial charge < -0.3 is 9.64 Å². The molecule has 1 saturated heterocycles. The van der Waals surface area contributed by atoms with Crippen molar-refractivity contribution < 1.29 is 4.74 Å². The summed E-state index contributed by atoms with van der Waals surface area (Å²) in [5.41, 5.74) is 1.38. The van der Waals surface area contributed by atoms with Crippen molar-refractivity contribution in [3.63, 3.8) is 0 Å². The Kier molecular flexibility index (Phi) is 5.51. The first-order chi connectivity index (χ1) is 11.6. The Morgan fingerprint density at radius 3 is 2.67 bits per heavy atom. The van der Waals surface area contributed by atoms with E-state index in [-0.39, 0.29) is 0 Å². The molecule has 2 aromatic rings. The maximum Gasteiger partial charge on any atom is 0.147 e. The second-order valence-corrected chi connectivity index (χ2v) is 6.80. The van der Waals surface area contributed by atoms with Gasteiger partial charge in [-0.1, -0.05) is 12.1 Å². The summed E-state index contributed by atoms with van der Waals surface area (Å²) in [6.45, 7) is 8.50. The SMILES string of the molecule is COc1ccc(CCN2CCC[C@H](Cn3nc(C)nc3C)C2)cc1. The third kappa shape index (κ3) is 4.35. The predicted molar refractivity (Wildman–Crippen MR) is 95.4 cm³/mol. The third-order valence-electron chi connectivity index (χ3n) is 4.87. The minimum atomic E-state index is 0.675. The van der Waals surface area contributed by atoms with E-state index in [1.54, 1.807) is 7.11 Å². The number of aryl methyl sites for hydroxylation is 2. The normalized spacial score (nSPS) is 18.7. The number of methoxy groups -OCH3 is 1. The molecule has 5 heteroatoms. The van der Waals surface area contributed by atoms with Crippen LogP contribution in [0.25, 0.3) is 0 Å². The molecule has 0 N–H and O–H groups in total. The van der Waals surface area contributed by atoms with Gasteiger partial charge in [0.15, 0.2) is 0 Å². The van der Waals surface area contributed by atoms with E-state index in [9.17, 15) is 0 Å². The Labute approximate surface area is 144 Å². The molecular weight excluding hydrogens is 300 g/mol. The van der Waals surface area contributed by atoms with Crippen molar-refractivity contribution in [2.75, 3.05) is 26.7 Å². The summed E-state index contributed by atoms with van der Waals surface area (Å²) in [6.07, 6.45) is 3.66. The van der Waals surface area contributed by atoms with Crippen LogP contribution in [0.1, 0.15) is 30.1 Å². The second kappa shape index (κ2) is 7.79. The molecule has 1 fully saturated rings. The molecule has 2 heterocycles. The number of hydrogen-bond acceptors (Lipinski definition) is 4. The van der Waals surface area contributed by atoms with Gasteiger partial charge in [0.2, 0.25) is 0 Å². The number of likely N-dealkylation sites (tertiary alicyclic amines) is 1. The van der Waals surface area contributed by atoms with Gasteiger partial charge in [0.05, 0.1) is 7.11 Å². The topological polar surface area (TPSA) is 43.2 Å². The van der Waals surface area contributed by atoms with Crippen molar-refractivity contribution in [1.82, 2.24) is 19.7 Å². The van der Waals surface area contributed by atoms with Crippen molar-refractivity contribution in [3.05, 3.63) is 41.5 Å². The zero-order chi connectivity index (χ0) is 16.9. The van der Waals surface area contributed by atoms with Crippen LogP contribution < -0.4 is 4.74 Å². The minimum Gasteiger partial charge on any atom is -0.497 e. The largest absolute Gasteiger partial charge is 0.497 e. The number of benzene rings is 1. The predicted octanol–water partition coefficient (Wildman–Crippen LogP) is 2.86. The van der Waals surface area contributed by atoms with E-state index in [0.29, 0.717) is 5.92 Å². The van der Waals surface area contributed by atoms with E-state index in [4.69, 9.17) is 4.74 Å². The summed E-state index contributed by atoms with van der Waals surface area (Å²) < 4.78 is 7.30. The average Bonchev–Trinajstić information content (AvgIpc) is 2.91. The van der Waals surface area contributed by atoms with Crippen molar-refractivity contribution in [1.29, 1.82) is 0 Å². The first-order valence-corrected chi connectivity index (χ1v) is 8.87. The van der Waals surface area contributed by atoms with Gasteiger partial charge in [-0.05, 0) is 63.3 Å². The molecule has 3 rings (SSSR count). The average molecular weight is 328 g/mol. The number of piperidine rings is 1. The zero-order valence-corrected chi connectivity index (χ0v) is 15.0. The lowest BCUT2D eigenvalue weighted by Gasteiger charge is -2.32. The van der Waals surface area contributed by atoms with Crippen molar-refractivity contribution in [2.24, 2.45) is 5.92 Å². The molecule has 1 aromatic carbocycles. The van der Waals surface area contributed by atoms with Gasteiger partial charge in [0.25, 0.3) is 0 Å². The van der Waals surface area contributed by atoms with Crippen LogP contribution in [0, 0.1) is 19.8 Å². The van der Waals surface area contributed by atoms with E-state index in [1.807, 2.05) is 26.0 Å². The van der Waals surface area contributed by atoms with E-state index in [2.05, 4.69) is 31.8 Å². The molecule has 24 heavy (non-hydrogen) atoms. The summed E-state index contributed by atoms with van der Waals surface area (Å²) in [5.74, 6) is 3.51. The molecule has 0 radical (unpaired) electrons. The standard InChI is InChI=1S/C19H28N4O/c1-15-20-16(2)23(21-15)14-18-5-4-11-22(13-18)12-10-17-6-8-19(24-3)9-7-17/h6-9,18H,4-5,10-14H2,1-3H3/t18-/m0/s1. The molecule has 0 unspecified atom stereocenters. The molecule has 1 aliphatic rings. The van der Waals surface area contributed by atoms with E-state index in [0.717, 1.165) is 43.5 Å². The van der Waals surface area contributed by atoms with Crippen molar-refractivity contribution >= 4 is 0 Å². The maximum atomic E-state index is 5.22. The maximum absolute atomic E-state index is 5.22. The number of hydrogen-bond donors (Lipinski definition) is 0. The van der Waals surface area contributed by atoms with Crippen LogP contribution in [0.15, 0.2) is 24.3 Å². The molecule has 1 aromatic heterocycles. The fourth-order valence-corrected chi connectivity index (χ4v) is 3.56. The van der Waals surface area contributed by atoms with Crippen LogP contribution in [0.3, 0.4) is 0 Å². The first-order valence-electron chi connectivity index (χ1n) is 8.87. The van der Waals surface area contributed by atoms with Gasteiger partial charge in [-0.2, -0.15) is 5.10 Å². The van der Waals surface area contributed by atoms with Gasteiger partial charge in [-0.3, -0.25) is 0 Å². The second-order valence-electron chi connectivity index (χ2n) is 6.80. The van der Waals surface area contributed by atoms with Crippen LogP contribution in [-0.2, 0) is 13.0 Å². The molecule has 130 valence electrons. The Morgan fingerprint density at radius 1 is 1.21 bits per heavy atom. The molecule has 5 nitrogen and oxygen atoms in total. The van der Waals surface area contributed by atoms with Gasteiger partial charge in [-0.25, -0.2) is 9.67 Å². The molecular formula is C19H28N4O. The van der Waals surface area contributed by atoms with Crippen molar-refractivity contribution in [3.8, 4) is 5.75 Å². The Morgan fingerprint density at radius 2 is 2.00 bits per heavy atom. The Balaban J connectivity index is 1.50. The smallest absolute Gasteiger partial charge is 0.147 e. The summed E-state index contributed by atoms with van der Waals surface area (Å²) in [5, 5.41) is 4.51. The highest BCUT2D eigenvalue weighted by Crippen LogP contribution is 2.19. The zero-order valence-electron chi connectivity index (χ0n) is 15.0. The molecule has 0 spiro atoms. The van der Waals surface area contributed by atoms with Gasteiger partial charge in [0, 0.05) is 19.6 Å². The Hall–Kier alpha value is -1.88. The summed E-state index contributed by atoms with van der Waals surface area (Å²) in [7, 11) is 1.71. The van der Waals surface area contributed by atoms with E-state index in [1.165, 1.54) is 24.9 Å². The molecule has 0 saturated carbocycles. The summed E-state index contributed by atoms with van der Waals surface area (Å²) in [4.78, 5) is 7.01. The van der Waals surface area contributed by atoms with Crippen molar-refractivity contribution in [2.45, 2.75) is 39.7 Å². The quantitative estimate of drug-likeness (QED) is 0.818. The number of rotatable bonds is 6. The minimum absolute atomic E-state index is 0.675. The Bertz CT molecular complexity index is 650. The molecule has 1 atom stereocenters. The molecule has 1 aliphatic heterocycles. The highest BCUT2D eigenvalue weighted by Gasteiger charge is 2.21. The van der Waals surface area contributed by atoms with E-state index >= 15 is 0 Å². The summed E-state index contributed by atoms with van der Waals surface area (Å²) >= 11 is 0. The lowest BCUT2D eigenvalue weighted by atomic mass is 9.97. The van der Waals surface area contributed by atoms with Gasteiger partial charge in [-0.15, -0.1) is 0 Å². The van der Waals surface area contributed by atoms with Crippen LogP contribution in [-0.4, -0.2) is 46.4 Å². The monoisotopic (exact) mass is 328 g/mol. The fourth-order valence-electron chi connectivity index (χ4n) is 3.56. The number of aromatic nitrogens is 3. The summed E-state index contributed by atoms with van der Waals surface area (Å²) in [6, 6.07) is 8.43. The number of ether oxygens (including phenoxy) is 1. The lowest BCUT2D eigenvalue weighted by molar-refractivity contribution is 0.161. The van der Waals surface area contributed by atoms with Gasteiger partial charge in [0.1, 0.15) is 17.4 Å².